The highest BCUT2D eigenvalue weighted by molar-refractivity contribution is 7.89. The van der Waals surface area contributed by atoms with Crippen molar-refractivity contribution in [1.82, 2.24) is 9.62 Å². The van der Waals surface area contributed by atoms with Gasteiger partial charge < -0.3 is 10.4 Å². The van der Waals surface area contributed by atoms with Crippen molar-refractivity contribution in [3.05, 3.63) is 0 Å². The molecule has 0 aromatic heterocycles. The third-order valence-electron chi connectivity index (χ3n) is 3.56. The minimum absolute atomic E-state index is 0.0551. The van der Waals surface area contributed by atoms with E-state index in [4.69, 9.17) is 5.11 Å². The summed E-state index contributed by atoms with van der Waals surface area (Å²) >= 11 is 0. The summed E-state index contributed by atoms with van der Waals surface area (Å²) in [5.74, 6) is -0.403. The molecule has 0 aromatic rings. The fourth-order valence-electron chi connectivity index (χ4n) is 2.36. The number of sulfonamides is 1. The Morgan fingerprint density at radius 3 is 2.53 bits per heavy atom. The number of nitrogens with one attached hydrogen (secondary N) is 1. The lowest BCUT2D eigenvalue weighted by atomic mass is 9.95. The fourth-order valence-corrected chi connectivity index (χ4v) is 3.89. The molecular formula is C12H24N2O4S. The van der Waals surface area contributed by atoms with E-state index in [1.807, 2.05) is 7.05 Å². The van der Waals surface area contributed by atoms with Crippen LogP contribution in [0.2, 0.25) is 0 Å². The van der Waals surface area contributed by atoms with Gasteiger partial charge in [-0.3, -0.25) is 4.79 Å². The topological polar surface area (TPSA) is 86.7 Å². The van der Waals surface area contributed by atoms with Gasteiger partial charge in [-0.05, 0) is 45.2 Å². The van der Waals surface area contributed by atoms with Crippen molar-refractivity contribution in [2.75, 3.05) is 32.4 Å². The normalized spacial score (nSPS) is 18.6. The van der Waals surface area contributed by atoms with Gasteiger partial charge in [0.25, 0.3) is 0 Å². The molecule has 0 bridgehead atoms. The van der Waals surface area contributed by atoms with Crippen LogP contribution in [0.1, 0.15) is 32.1 Å². The van der Waals surface area contributed by atoms with Gasteiger partial charge >= 0.3 is 5.97 Å². The predicted octanol–water partition coefficient (Wildman–Crippen LogP) is 0.502. The molecule has 0 aliphatic carbocycles. The number of piperidine rings is 1. The zero-order valence-corrected chi connectivity index (χ0v) is 12.3. The highest BCUT2D eigenvalue weighted by atomic mass is 32.2. The zero-order valence-electron chi connectivity index (χ0n) is 11.5. The summed E-state index contributed by atoms with van der Waals surface area (Å²) in [5.41, 5.74) is 0. The molecule has 0 atom stereocenters. The number of hydrogen-bond donors (Lipinski definition) is 2. The summed E-state index contributed by atoms with van der Waals surface area (Å²) in [4.78, 5) is 10.4. The number of carboxylic acid groups (broad SMARTS) is 1. The third kappa shape index (κ3) is 5.88. The van der Waals surface area contributed by atoms with Crippen molar-refractivity contribution < 1.29 is 18.3 Å². The molecule has 6 nitrogen and oxygen atoms in total. The van der Waals surface area contributed by atoms with Crippen molar-refractivity contribution in [3.63, 3.8) is 0 Å². The van der Waals surface area contributed by atoms with E-state index in [1.165, 1.54) is 4.31 Å². The number of carboxylic acids is 1. The van der Waals surface area contributed by atoms with Gasteiger partial charge in [0.05, 0.1) is 5.75 Å². The number of nitrogens with zero attached hydrogens (tertiary/aromatic N) is 1. The van der Waals surface area contributed by atoms with Gasteiger partial charge in [0.2, 0.25) is 10.0 Å². The summed E-state index contributed by atoms with van der Waals surface area (Å²) < 4.78 is 25.5. The second-order valence-corrected chi connectivity index (χ2v) is 7.14. The van der Waals surface area contributed by atoms with Crippen LogP contribution in [0.4, 0.5) is 0 Å². The summed E-state index contributed by atoms with van der Waals surface area (Å²) in [7, 11) is -1.35. The lowest BCUT2D eigenvalue weighted by Crippen LogP contribution is -2.40. The first kappa shape index (κ1) is 16.4. The van der Waals surface area contributed by atoms with Gasteiger partial charge in [0, 0.05) is 19.5 Å². The molecule has 1 aliphatic heterocycles. The Balaban J connectivity index is 2.34. The van der Waals surface area contributed by atoms with Crippen LogP contribution in [0.15, 0.2) is 0 Å². The van der Waals surface area contributed by atoms with Crippen molar-refractivity contribution in [3.8, 4) is 0 Å². The highest BCUT2D eigenvalue weighted by Crippen LogP contribution is 2.22. The molecule has 19 heavy (non-hydrogen) atoms. The molecule has 1 heterocycles. The Morgan fingerprint density at radius 1 is 1.37 bits per heavy atom. The molecule has 0 amide bonds. The summed E-state index contributed by atoms with van der Waals surface area (Å²) in [5, 5.41) is 11.6. The summed E-state index contributed by atoms with van der Waals surface area (Å²) in [6.45, 7) is 2.11. The molecule has 0 radical (unpaired) electrons. The first-order valence-corrected chi connectivity index (χ1v) is 8.41. The average molecular weight is 292 g/mol. The predicted molar refractivity (Wildman–Crippen MR) is 73.5 cm³/mol. The van der Waals surface area contributed by atoms with Gasteiger partial charge in [-0.25, -0.2) is 12.7 Å². The summed E-state index contributed by atoms with van der Waals surface area (Å²) in [6, 6.07) is 0. The van der Waals surface area contributed by atoms with Crippen LogP contribution in [-0.4, -0.2) is 56.2 Å². The van der Waals surface area contributed by atoms with Crippen molar-refractivity contribution in [1.29, 1.82) is 0 Å². The van der Waals surface area contributed by atoms with E-state index in [2.05, 4.69) is 5.32 Å². The average Bonchev–Trinajstić information content (AvgIpc) is 2.36. The van der Waals surface area contributed by atoms with Crippen LogP contribution in [0.5, 0.6) is 0 Å². The van der Waals surface area contributed by atoms with Crippen molar-refractivity contribution >= 4 is 16.0 Å². The number of aliphatic carboxylic acids is 1. The molecule has 2 N–H and O–H groups in total. The molecule has 0 aromatic carbocycles. The smallest absolute Gasteiger partial charge is 0.303 e. The van der Waals surface area contributed by atoms with E-state index >= 15 is 0 Å². The minimum atomic E-state index is -3.27. The molecule has 1 aliphatic rings. The Labute approximate surface area is 115 Å². The van der Waals surface area contributed by atoms with Gasteiger partial charge in [0.15, 0.2) is 0 Å². The van der Waals surface area contributed by atoms with E-state index in [-0.39, 0.29) is 18.6 Å². The van der Waals surface area contributed by atoms with Crippen LogP contribution < -0.4 is 5.32 Å². The molecule has 1 rings (SSSR count). The van der Waals surface area contributed by atoms with Gasteiger partial charge in [0.1, 0.15) is 0 Å². The number of carbonyl (C=O) groups is 1. The Morgan fingerprint density at radius 2 is 2.00 bits per heavy atom. The second-order valence-electron chi connectivity index (χ2n) is 5.05. The Bertz CT molecular complexity index is 375. The quantitative estimate of drug-likeness (QED) is 0.680. The SMILES string of the molecule is CNCCC1CCN(S(=O)(=O)CCCC(=O)O)CC1. The monoisotopic (exact) mass is 292 g/mol. The molecule has 0 saturated carbocycles. The van der Waals surface area contributed by atoms with Gasteiger partial charge in [-0.2, -0.15) is 0 Å². The third-order valence-corrected chi connectivity index (χ3v) is 5.52. The molecule has 0 unspecified atom stereocenters. The molecule has 112 valence electrons. The van der Waals surface area contributed by atoms with Crippen LogP contribution >= 0.6 is 0 Å². The first-order valence-electron chi connectivity index (χ1n) is 6.80. The van der Waals surface area contributed by atoms with E-state index in [0.717, 1.165) is 25.8 Å². The molecule has 7 heteroatoms. The maximum Gasteiger partial charge on any atom is 0.303 e. The Kier molecular flexibility index (Phi) is 6.74. The highest BCUT2D eigenvalue weighted by Gasteiger charge is 2.27. The Hall–Kier alpha value is -0.660. The lowest BCUT2D eigenvalue weighted by molar-refractivity contribution is -0.137. The zero-order chi connectivity index (χ0) is 14.3. The number of rotatable bonds is 8. The standard InChI is InChI=1S/C12H24N2O4S/c1-13-7-4-11-5-8-14(9-6-11)19(17,18)10-2-3-12(15)16/h11,13H,2-10H2,1H3,(H,15,16). The van der Waals surface area contributed by atoms with Crippen molar-refractivity contribution in [2.45, 2.75) is 32.1 Å². The second kappa shape index (κ2) is 7.81. The lowest BCUT2D eigenvalue weighted by Gasteiger charge is -2.31. The van der Waals surface area contributed by atoms with Crippen LogP contribution in [0, 0.1) is 5.92 Å². The molecule has 0 spiro atoms. The maximum absolute atomic E-state index is 12.0. The number of hydrogen-bond acceptors (Lipinski definition) is 4. The van der Waals surface area contributed by atoms with E-state index in [1.54, 1.807) is 0 Å². The first-order chi connectivity index (χ1) is 8.95. The fraction of sp³-hybridized carbons (Fsp3) is 0.917. The van der Waals surface area contributed by atoms with Gasteiger partial charge in [-0.15, -0.1) is 0 Å². The molecule has 1 saturated heterocycles. The minimum Gasteiger partial charge on any atom is -0.481 e. The van der Waals surface area contributed by atoms with Crippen LogP contribution in [0.25, 0.3) is 0 Å². The van der Waals surface area contributed by atoms with Crippen LogP contribution in [0.3, 0.4) is 0 Å². The van der Waals surface area contributed by atoms with Crippen molar-refractivity contribution in [2.24, 2.45) is 5.92 Å². The molecule has 1 fully saturated rings. The van der Waals surface area contributed by atoms with E-state index < -0.39 is 16.0 Å². The summed E-state index contributed by atoms with van der Waals surface area (Å²) in [6.07, 6.45) is 3.00. The van der Waals surface area contributed by atoms with E-state index in [0.29, 0.717) is 19.0 Å². The largest absolute Gasteiger partial charge is 0.481 e. The van der Waals surface area contributed by atoms with E-state index in [9.17, 15) is 13.2 Å². The molecular weight excluding hydrogens is 268 g/mol. The maximum atomic E-state index is 12.0. The van der Waals surface area contributed by atoms with Crippen LogP contribution in [-0.2, 0) is 14.8 Å². The van der Waals surface area contributed by atoms with Gasteiger partial charge in [-0.1, -0.05) is 0 Å².